The van der Waals surface area contributed by atoms with Gasteiger partial charge in [0.15, 0.2) is 0 Å². The van der Waals surface area contributed by atoms with Crippen LogP contribution < -0.4 is 0 Å². The number of benzene rings is 1. The van der Waals surface area contributed by atoms with E-state index in [1.165, 1.54) is 0 Å². The van der Waals surface area contributed by atoms with Crippen LogP contribution in [0.15, 0.2) is 24.3 Å². The van der Waals surface area contributed by atoms with Crippen molar-refractivity contribution in [2.75, 3.05) is 34.2 Å². The second-order valence-corrected chi connectivity index (χ2v) is 4.86. The Hall–Kier alpha value is -1.39. The molecule has 0 aromatic heterocycles. The Balaban J connectivity index is 2.53. The van der Waals surface area contributed by atoms with Gasteiger partial charge < -0.3 is 14.9 Å². The van der Waals surface area contributed by atoms with Gasteiger partial charge in [0.05, 0.1) is 5.56 Å². The zero-order valence-electron chi connectivity index (χ0n) is 11.4. The molecule has 0 atom stereocenters. The van der Waals surface area contributed by atoms with Crippen LogP contribution >= 0.6 is 0 Å². The van der Waals surface area contributed by atoms with E-state index in [4.69, 9.17) is 5.11 Å². The summed E-state index contributed by atoms with van der Waals surface area (Å²) in [6.07, 6.45) is 1.08. The number of carbonyl (C=O) groups is 1. The average molecular weight is 250 g/mol. The fraction of sp³-hybridized carbons (Fsp3) is 0.500. The van der Waals surface area contributed by atoms with E-state index in [-0.39, 0.29) is 0 Å². The van der Waals surface area contributed by atoms with Gasteiger partial charge >= 0.3 is 5.97 Å². The van der Waals surface area contributed by atoms with E-state index in [9.17, 15) is 4.79 Å². The van der Waals surface area contributed by atoms with Gasteiger partial charge in [0.2, 0.25) is 0 Å². The van der Waals surface area contributed by atoms with Crippen molar-refractivity contribution in [1.29, 1.82) is 0 Å². The van der Waals surface area contributed by atoms with Crippen molar-refractivity contribution in [3.05, 3.63) is 35.4 Å². The van der Waals surface area contributed by atoms with Crippen LogP contribution in [0.4, 0.5) is 0 Å². The van der Waals surface area contributed by atoms with Crippen molar-refractivity contribution in [2.45, 2.75) is 13.0 Å². The normalized spacial score (nSPS) is 11.2. The molecule has 0 aliphatic carbocycles. The van der Waals surface area contributed by atoms with Crippen LogP contribution in [-0.2, 0) is 6.54 Å². The molecule has 100 valence electrons. The van der Waals surface area contributed by atoms with Gasteiger partial charge in [0.1, 0.15) is 0 Å². The first-order chi connectivity index (χ1) is 8.50. The highest BCUT2D eigenvalue weighted by Crippen LogP contribution is 2.11. The highest BCUT2D eigenvalue weighted by molar-refractivity contribution is 5.89. The van der Waals surface area contributed by atoms with E-state index in [2.05, 4.69) is 23.9 Å². The lowest BCUT2D eigenvalue weighted by atomic mass is 10.1. The summed E-state index contributed by atoms with van der Waals surface area (Å²) in [6.45, 7) is 2.69. The zero-order chi connectivity index (χ0) is 13.5. The van der Waals surface area contributed by atoms with Crippen molar-refractivity contribution in [3.63, 3.8) is 0 Å². The van der Waals surface area contributed by atoms with Gasteiger partial charge in [-0.1, -0.05) is 18.2 Å². The lowest BCUT2D eigenvalue weighted by molar-refractivity contribution is 0.0694. The molecule has 0 aliphatic rings. The molecule has 0 amide bonds. The van der Waals surface area contributed by atoms with E-state index < -0.39 is 5.97 Å². The molecule has 0 spiro atoms. The summed E-state index contributed by atoms with van der Waals surface area (Å²) in [4.78, 5) is 15.4. The number of aromatic carboxylic acids is 1. The predicted octanol–water partition coefficient (Wildman–Crippen LogP) is 1.77. The number of carboxylic acids is 1. The van der Waals surface area contributed by atoms with Crippen molar-refractivity contribution in [1.82, 2.24) is 9.80 Å². The van der Waals surface area contributed by atoms with Crippen LogP contribution in [0, 0.1) is 0 Å². The van der Waals surface area contributed by atoms with Crippen LogP contribution in [0.25, 0.3) is 0 Å². The van der Waals surface area contributed by atoms with Crippen molar-refractivity contribution >= 4 is 5.97 Å². The Bertz CT molecular complexity index is 391. The topological polar surface area (TPSA) is 43.8 Å². The Morgan fingerprint density at radius 3 is 2.44 bits per heavy atom. The highest BCUT2D eigenvalue weighted by atomic mass is 16.4. The molecular formula is C14H22N2O2. The number of carboxylic acid groups (broad SMARTS) is 1. The fourth-order valence-corrected chi connectivity index (χ4v) is 1.89. The molecule has 0 aliphatic heterocycles. The molecule has 1 N–H and O–H groups in total. The summed E-state index contributed by atoms with van der Waals surface area (Å²) in [5.41, 5.74) is 1.27. The van der Waals surface area contributed by atoms with Gasteiger partial charge in [0.25, 0.3) is 0 Å². The summed E-state index contributed by atoms with van der Waals surface area (Å²) in [5.74, 6) is -0.854. The van der Waals surface area contributed by atoms with Crippen LogP contribution in [0.5, 0.6) is 0 Å². The molecule has 1 rings (SSSR count). The molecule has 0 bridgehead atoms. The van der Waals surface area contributed by atoms with E-state index in [0.717, 1.165) is 25.1 Å². The van der Waals surface area contributed by atoms with E-state index >= 15 is 0 Å². The molecule has 0 saturated carbocycles. The fourth-order valence-electron chi connectivity index (χ4n) is 1.89. The molecule has 4 nitrogen and oxygen atoms in total. The minimum absolute atomic E-state index is 0.400. The van der Waals surface area contributed by atoms with Crippen LogP contribution in [0.1, 0.15) is 22.3 Å². The maximum Gasteiger partial charge on any atom is 0.336 e. The van der Waals surface area contributed by atoms with Crippen molar-refractivity contribution < 1.29 is 9.90 Å². The molecule has 0 unspecified atom stereocenters. The quantitative estimate of drug-likeness (QED) is 0.801. The molecule has 0 fully saturated rings. The SMILES string of the molecule is CN(C)CCCN(C)Cc1ccccc1C(=O)O. The molecule has 0 heterocycles. The van der Waals surface area contributed by atoms with Crippen LogP contribution in [0.3, 0.4) is 0 Å². The van der Waals surface area contributed by atoms with Gasteiger partial charge in [-0.2, -0.15) is 0 Å². The monoisotopic (exact) mass is 250 g/mol. The molecule has 1 aromatic rings. The minimum atomic E-state index is -0.854. The standard InChI is InChI=1S/C14H22N2O2/c1-15(2)9-6-10-16(3)11-12-7-4-5-8-13(12)14(17)18/h4-5,7-8H,6,9-11H2,1-3H3,(H,17,18). The van der Waals surface area contributed by atoms with Crippen LogP contribution in [-0.4, -0.2) is 55.1 Å². The first-order valence-electron chi connectivity index (χ1n) is 6.15. The number of nitrogens with zero attached hydrogens (tertiary/aromatic N) is 2. The Morgan fingerprint density at radius 1 is 1.17 bits per heavy atom. The summed E-state index contributed by atoms with van der Waals surface area (Å²) >= 11 is 0. The third kappa shape index (κ3) is 4.85. The molecule has 0 radical (unpaired) electrons. The maximum absolute atomic E-state index is 11.1. The van der Waals surface area contributed by atoms with E-state index in [1.54, 1.807) is 12.1 Å². The third-order valence-corrected chi connectivity index (χ3v) is 2.83. The van der Waals surface area contributed by atoms with Gasteiger partial charge in [-0.15, -0.1) is 0 Å². The molecule has 1 aromatic carbocycles. The lowest BCUT2D eigenvalue weighted by Crippen LogP contribution is -2.24. The van der Waals surface area contributed by atoms with Gasteiger partial charge in [-0.05, 0) is 52.3 Å². The summed E-state index contributed by atoms with van der Waals surface area (Å²) in [5, 5.41) is 9.10. The number of rotatable bonds is 7. The predicted molar refractivity (Wildman–Crippen MR) is 72.9 cm³/mol. The first-order valence-corrected chi connectivity index (χ1v) is 6.15. The Labute approximate surface area is 109 Å². The summed E-state index contributed by atoms with van der Waals surface area (Å²) in [6, 6.07) is 7.19. The number of hydrogen-bond donors (Lipinski definition) is 1. The smallest absolute Gasteiger partial charge is 0.336 e. The van der Waals surface area contributed by atoms with E-state index in [1.807, 2.05) is 19.2 Å². The van der Waals surface area contributed by atoms with Gasteiger partial charge in [0, 0.05) is 6.54 Å². The van der Waals surface area contributed by atoms with Crippen molar-refractivity contribution in [3.8, 4) is 0 Å². The second kappa shape index (κ2) is 7.13. The molecule has 0 saturated heterocycles. The molecular weight excluding hydrogens is 228 g/mol. The molecule has 18 heavy (non-hydrogen) atoms. The maximum atomic E-state index is 11.1. The van der Waals surface area contributed by atoms with Gasteiger partial charge in [-0.3, -0.25) is 0 Å². The van der Waals surface area contributed by atoms with Crippen molar-refractivity contribution in [2.24, 2.45) is 0 Å². The largest absolute Gasteiger partial charge is 0.478 e. The third-order valence-electron chi connectivity index (χ3n) is 2.83. The zero-order valence-corrected chi connectivity index (χ0v) is 11.4. The Morgan fingerprint density at radius 2 is 1.83 bits per heavy atom. The van der Waals surface area contributed by atoms with E-state index in [0.29, 0.717) is 12.1 Å². The first kappa shape index (κ1) is 14.7. The molecule has 4 heteroatoms. The highest BCUT2D eigenvalue weighted by Gasteiger charge is 2.10. The van der Waals surface area contributed by atoms with Crippen LogP contribution in [0.2, 0.25) is 0 Å². The van der Waals surface area contributed by atoms with Gasteiger partial charge in [-0.25, -0.2) is 4.79 Å². The summed E-state index contributed by atoms with van der Waals surface area (Å²) < 4.78 is 0. The summed E-state index contributed by atoms with van der Waals surface area (Å²) in [7, 11) is 6.13. The minimum Gasteiger partial charge on any atom is -0.478 e. The lowest BCUT2D eigenvalue weighted by Gasteiger charge is -2.19. The Kier molecular flexibility index (Phi) is 5.82. The second-order valence-electron chi connectivity index (χ2n) is 4.86. The number of hydrogen-bond acceptors (Lipinski definition) is 3. The average Bonchev–Trinajstić information content (AvgIpc) is 2.28.